The number of aromatic nitrogens is 4. The van der Waals surface area contributed by atoms with Gasteiger partial charge in [0.15, 0.2) is 11.5 Å². The number of aryl methyl sites for hydroxylation is 1. The summed E-state index contributed by atoms with van der Waals surface area (Å²) in [6, 6.07) is 13.7. The summed E-state index contributed by atoms with van der Waals surface area (Å²) in [5.41, 5.74) is 2.38. The minimum absolute atomic E-state index is 0.116. The summed E-state index contributed by atoms with van der Waals surface area (Å²) in [5.74, 6) is 2.03. The number of benzene rings is 1. The van der Waals surface area contributed by atoms with Gasteiger partial charge in [-0.2, -0.15) is 0 Å². The molecule has 0 unspecified atom stereocenters. The first-order valence-electron chi connectivity index (χ1n) is 8.94. The summed E-state index contributed by atoms with van der Waals surface area (Å²) in [4.78, 5) is 25.2. The molecule has 0 aliphatic carbocycles. The molecule has 3 heterocycles. The van der Waals surface area contributed by atoms with Crippen LogP contribution in [-0.4, -0.2) is 25.4 Å². The number of furan rings is 1. The van der Waals surface area contributed by atoms with E-state index in [4.69, 9.17) is 4.42 Å². The number of fused-ring (bicyclic) bond motifs is 1. The van der Waals surface area contributed by atoms with Gasteiger partial charge in [0.25, 0.3) is 0 Å². The fourth-order valence-electron chi connectivity index (χ4n) is 2.88. The molecule has 0 spiro atoms. The first kappa shape index (κ1) is 17.7. The Bertz CT molecular complexity index is 1090. The quantitative estimate of drug-likeness (QED) is 0.515. The van der Waals surface area contributed by atoms with Crippen molar-refractivity contribution in [1.29, 1.82) is 0 Å². The molecule has 2 N–H and O–H groups in total. The van der Waals surface area contributed by atoms with E-state index < -0.39 is 0 Å². The lowest BCUT2D eigenvalue weighted by Gasteiger charge is -2.07. The number of amides is 1. The third kappa shape index (κ3) is 4.01. The van der Waals surface area contributed by atoms with Crippen molar-refractivity contribution >= 4 is 22.9 Å². The Hall–Kier alpha value is -3.68. The van der Waals surface area contributed by atoms with E-state index in [0.717, 1.165) is 17.1 Å². The summed E-state index contributed by atoms with van der Waals surface area (Å²) in [6.45, 7) is 2.96. The Morgan fingerprint density at radius 2 is 1.93 bits per heavy atom. The van der Waals surface area contributed by atoms with E-state index in [-0.39, 0.29) is 12.5 Å². The van der Waals surface area contributed by atoms with Gasteiger partial charge >= 0.3 is 0 Å². The fourth-order valence-corrected chi connectivity index (χ4v) is 2.88. The number of nitrogens with one attached hydrogen (secondary N) is 2. The average Bonchev–Trinajstić information content (AvgIpc) is 3.32. The Balaban J connectivity index is 1.43. The van der Waals surface area contributed by atoms with Gasteiger partial charge in [-0.05, 0) is 24.6 Å². The van der Waals surface area contributed by atoms with E-state index in [1.54, 1.807) is 10.9 Å². The van der Waals surface area contributed by atoms with Crippen LogP contribution in [0.25, 0.3) is 11.2 Å². The van der Waals surface area contributed by atoms with Crippen molar-refractivity contribution in [3.8, 4) is 0 Å². The highest BCUT2D eigenvalue weighted by Crippen LogP contribution is 2.18. The molecule has 0 saturated carbocycles. The van der Waals surface area contributed by atoms with Crippen LogP contribution in [0.3, 0.4) is 0 Å². The van der Waals surface area contributed by atoms with Gasteiger partial charge in [0.1, 0.15) is 29.9 Å². The van der Waals surface area contributed by atoms with Crippen molar-refractivity contribution in [2.45, 2.75) is 26.6 Å². The van der Waals surface area contributed by atoms with Crippen molar-refractivity contribution in [1.82, 2.24) is 24.8 Å². The molecule has 0 radical (unpaired) electrons. The van der Waals surface area contributed by atoms with Gasteiger partial charge in [-0.1, -0.05) is 30.3 Å². The summed E-state index contributed by atoms with van der Waals surface area (Å²) in [6.07, 6.45) is 3.07. The second kappa shape index (κ2) is 7.91. The van der Waals surface area contributed by atoms with E-state index in [1.165, 1.54) is 6.33 Å². The van der Waals surface area contributed by atoms with Crippen LogP contribution < -0.4 is 10.6 Å². The SMILES string of the molecule is Cc1ccc(CNC(=O)Cn2cnc3c(NCc4ccccc4)ncnc32)o1. The maximum atomic E-state index is 12.3. The first-order chi connectivity index (χ1) is 13.7. The van der Waals surface area contributed by atoms with E-state index in [0.29, 0.717) is 30.1 Å². The van der Waals surface area contributed by atoms with Crippen LogP contribution in [0, 0.1) is 6.92 Å². The molecule has 0 aliphatic rings. The molecule has 0 saturated heterocycles. The van der Waals surface area contributed by atoms with Crippen molar-refractivity contribution in [2.24, 2.45) is 0 Å². The van der Waals surface area contributed by atoms with Crippen LogP contribution in [0.15, 0.2) is 59.5 Å². The van der Waals surface area contributed by atoms with Crippen molar-refractivity contribution < 1.29 is 9.21 Å². The molecule has 142 valence electrons. The number of carbonyl (C=O) groups excluding carboxylic acids is 1. The summed E-state index contributed by atoms with van der Waals surface area (Å²) < 4.78 is 7.16. The number of imidazole rings is 1. The van der Waals surface area contributed by atoms with E-state index in [9.17, 15) is 4.79 Å². The monoisotopic (exact) mass is 376 g/mol. The zero-order valence-corrected chi connectivity index (χ0v) is 15.4. The molecule has 0 aliphatic heterocycles. The number of carbonyl (C=O) groups is 1. The van der Waals surface area contributed by atoms with E-state index in [1.807, 2.05) is 49.4 Å². The van der Waals surface area contributed by atoms with Crippen LogP contribution in [0.2, 0.25) is 0 Å². The van der Waals surface area contributed by atoms with Crippen molar-refractivity contribution in [2.75, 3.05) is 5.32 Å². The smallest absolute Gasteiger partial charge is 0.240 e. The molecule has 0 atom stereocenters. The highest BCUT2D eigenvalue weighted by Gasteiger charge is 2.12. The van der Waals surface area contributed by atoms with Crippen LogP contribution in [-0.2, 0) is 24.4 Å². The number of hydrogen-bond donors (Lipinski definition) is 2. The number of hydrogen-bond acceptors (Lipinski definition) is 6. The molecule has 28 heavy (non-hydrogen) atoms. The first-order valence-corrected chi connectivity index (χ1v) is 8.94. The van der Waals surface area contributed by atoms with Gasteiger partial charge in [-0.15, -0.1) is 0 Å². The lowest BCUT2D eigenvalue weighted by Crippen LogP contribution is -2.26. The number of rotatable bonds is 7. The van der Waals surface area contributed by atoms with Gasteiger partial charge in [-0.25, -0.2) is 15.0 Å². The molecule has 1 amide bonds. The molecule has 3 aromatic heterocycles. The van der Waals surface area contributed by atoms with Crippen LogP contribution >= 0.6 is 0 Å². The Kier molecular flexibility index (Phi) is 5.01. The van der Waals surface area contributed by atoms with Gasteiger partial charge in [-0.3, -0.25) is 4.79 Å². The minimum atomic E-state index is -0.147. The topological polar surface area (TPSA) is 97.9 Å². The molecule has 1 aromatic carbocycles. The lowest BCUT2D eigenvalue weighted by atomic mass is 10.2. The molecular formula is C20H20N6O2. The summed E-state index contributed by atoms with van der Waals surface area (Å²) in [7, 11) is 0. The average molecular weight is 376 g/mol. The third-order valence-electron chi connectivity index (χ3n) is 4.27. The summed E-state index contributed by atoms with van der Waals surface area (Å²) in [5, 5.41) is 6.12. The van der Waals surface area contributed by atoms with Crippen molar-refractivity contribution in [3.63, 3.8) is 0 Å². The van der Waals surface area contributed by atoms with Gasteiger partial charge < -0.3 is 19.6 Å². The molecule has 0 bridgehead atoms. The van der Waals surface area contributed by atoms with Crippen molar-refractivity contribution in [3.05, 3.63) is 72.2 Å². The van der Waals surface area contributed by atoms with E-state index in [2.05, 4.69) is 25.6 Å². The largest absolute Gasteiger partial charge is 0.465 e. The highest BCUT2D eigenvalue weighted by molar-refractivity contribution is 5.84. The second-order valence-corrected chi connectivity index (χ2v) is 6.40. The predicted molar refractivity (Wildman–Crippen MR) is 104 cm³/mol. The maximum Gasteiger partial charge on any atom is 0.240 e. The lowest BCUT2D eigenvalue weighted by molar-refractivity contribution is -0.121. The maximum absolute atomic E-state index is 12.3. The fraction of sp³-hybridized carbons (Fsp3) is 0.200. The molecule has 8 nitrogen and oxygen atoms in total. The third-order valence-corrected chi connectivity index (χ3v) is 4.27. The Morgan fingerprint density at radius 1 is 1.07 bits per heavy atom. The van der Waals surface area contributed by atoms with Crippen LogP contribution in [0.4, 0.5) is 5.82 Å². The zero-order chi connectivity index (χ0) is 19.3. The Labute approximate surface area is 161 Å². The summed E-state index contributed by atoms with van der Waals surface area (Å²) >= 11 is 0. The van der Waals surface area contributed by atoms with Gasteiger partial charge in [0, 0.05) is 6.54 Å². The molecule has 4 rings (SSSR count). The standard InChI is InChI=1S/C20H20N6O2/c1-14-7-8-16(28-14)10-21-17(27)11-26-13-25-18-19(23-12-24-20(18)26)22-9-15-5-3-2-4-6-15/h2-8,12-13H,9-11H2,1H3,(H,21,27)(H,22,23,24). The second-order valence-electron chi connectivity index (χ2n) is 6.40. The van der Waals surface area contributed by atoms with Crippen LogP contribution in [0.5, 0.6) is 0 Å². The molecular weight excluding hydrogens is 356 g/mol. The molecule has 0 fully saturated rings. The van der Waals surface area contributed by atoms with E-state index >= 15 is 0 Å². The van der Waals surface area contributed by atoms with Crippen LogP contribution in [0.1, 0.15) is 17.1 Å². The normalized spacial score (nSPS) is 10.9. The molecule has 8 heteroatoms. The number of nitrogens with zero attached hydrogens (tertiary/aromatic N) is 4. The predicted octanol–water partition coefficient (Wildman–Crippen LogP) is 2.66. The van der Waals surface area contributed by atoms with Gasteiger partial charge in [0.05, 0.1) is 12.9 Å². The number of anilines is 1. The van der Waals surface area contributed by atoms with Gasteiger partial charge in [0.2, 0.25) is 5.91 Å². The highest BCUT2D eigenvalue weighted by atomic mass is 16.3. The minimum Gasteiger partial charge on any atom is -0.465 e. The zero-order valence-electron chi connectivity index (χ0n) is 15.4. The molecule has 4 aromatic rings. The Morgan fingerprint density at radius 3 is 2.71 bits per heavy atom.